The van der Waals surface area contributed by atoms with Crippen LogP contribution in [0.25, 0.3) is 0 Å². The van der Waals surface area contributed by atoms with Gasteiger partial charge in [0.25, 0.3) is 0 Å². The minimum Gasteiger partial charge on any atom is -0.302 e. The van der Waals surface area contributed by atoms with Crippen LogP contribution in [-0.4, -0.2) is 24.5 Å². The van der Waals surface area contributed by atoms with Gasteiger partial charge in [-0.2, -0.15) is 0 Å². The zero-order valence-electron chi connectivity index (χ0n) is 6.93. The van der Waals surface area contributed by atoms with E-state index in [2.05, 4.69) is 23.8 Å². The molecule has 1 N–H and O–H groups in total. The smallest absolute Gasteiger partial charge is 0.0893 e. The summed E-state index contributed by atoms with van der Waals surface area (Å²) >= 11 is 0. The number of likely N-dealkylation sites (tertiary alicyclic amines) is 1. The average molecular weight is 141 g/mol. The lowest BCUT2D eigenvalue weighted by molar-refractivity contribution is 0.191. The molecule has 1 aliphatic heterocycles. The first-order valence-electron chi connectivity index (χ1n) is 4.11. The fourth-order valence-corrected chi connectivity index (χ4v) is 1.48. The molecule has 1 aliphatic rings. The molecule has 0 aromatic carbocycles. The van der Waals surface area contributed by atoms with Gasteiger partial charge in [0.2, 0.25) is 0 Å². The Morgan fingerprint density at radius 2 is 2.30 bits per heavy atom. The largest absolute Gasteiger partial charge is 0.302 e. The van der Waals surface area contributed by atoms with E-state index in [0.717, 1.165) is 6.04 Å². The maximum absolute atomic E-state index is 3.07. The molecule has 0 bridgehead atoms. The number of nitrogens with one attached hydrogen (secondary N) is 1. The van der Waals surface area contributed by atoms with Crippen molar-refractivity contribution in [3.8, 4) is 0 Å². The topological polar surface area (TPSA) is 15.3 Å². The highest BCUT2D eigenvalue weighted by molar-refractivity contribution is 4.76. The van der Waals surface area contributed by atoms with E-state index in [-0.39, 0.29) is 0 Å². The fourth-order valence-electron chi connectivity index (χ4n) is 1.48. The molecule has 0 aliphatic carbocycles. The molecular formula is C8H17N2. The molecule has 1 fully saturated rings. The summed E-state index contributed by atoms with van der Waals surface area (Å²) in [5.41, 5.74) is 0. The third-order valence-corrected chi connectivity index (χ3v) is 2.15. The van der Waals surface area contributed by atoms with E-state index in [1.165, 1.54) is 25.8 Å². The van der Waals surface area contributed by atoms with Crippen molar-refractivity contribution in [1.29, 1.82) is 0 Å². The van der Waals surface area contributed by atoms with Crippen LogP contribution in [0.1, 0.15) is 26.2 Å². The molecule has 0 aromatic heterocycles. The summed E-state index contributed by atoms with van der Waals surface area (Å²) in [6.45, 7) is 5.60. The fraction of sp³-hybridized carbons (Fsp3) is 0.875. The Labute approximate surface area is 63.6 Å². The standard InChI is InChI=1S/C8H17N2/c1-8-5-3-4-6-10(8)7-9-2/h7-9H,3-6H2,1-2H3. The van der Waals surface area contributed by atoms with Crippen molar-refractivity contribution in [2.45, 2.75) is 32.2 Å². The Kier molecular flexibility index (Phi) is 3.16. The molecule has 1 radical (unpaired) electrons. The maximum Gasteiger partial charge on any atom is 0.0893 e. The lowest BCUT2D eigenvalue weighted by Crippen LogP contribution is -2.38. The summed E-state index contributed by atoms with van der Waals surface area (Å²) in [6, 6.07) is 0.737. The van der Waals surface area contributed by atoms with Crippen LogP contribution in [0.3, 0.4) is 0 Å². The summed E-state index contributed by atoms with van der Waals surface area (Å²) in [5.74, 6) is 0. The first kappa shape index (κ1) is 8.02. The van der Waals surface area contributed by atoms with Crippen molar-refractivity contribution in [2.24, 2.45) is 0 Å². The number of nitrogens with zero attached hydrogens (tertiary/aromatic N) is 1. The zero-order valence-corrected chi connectivity index (χ0v) is 6.93. The zero-order chi connectivity index (χ0) is 7.40. The van der Waals surface area contributed by atoms with Crippen LogP contribution in [0, 0.1) is 6.67 Å². The molecule has 0 spiro atoms. The summed E-state index contributed by atoms with van der Waals surface area (Å²) < 4.78 is 0. The molecule has 1 unspecified atom stereocenters. The molecule has 1 rings (SSSR count). The van der Waals surface area contributed by atoms with Crippen molar-refractivity contribution in [3.05, 3.63) is 6.67 Å². The van der Waals surface area contributed by atoms with Gasteiger partial charge in [0.1, 0.15) is 0 Å². The minimum absolute atomic E-state index is 0.737. The van der Waals surface area contributed by atoms with E-state index < -0.39 is 0 Å². The molecule has 2 nitrogen and oxygen atoms in total. The molecule has 1 atom stereocenters. The van der Waals surface area contributed by atoms with Gasteiger partial charge in [-0.1, -0.05) is 6.42 Å². The lowest BCUT2D eigenvalue weighted by Gasteiger charge is -2.32. The van der Waals surface area contributed by atoms with Crippen molar-refractivity contribution >= 4 is 0 Å². The van der Waals surface area contributed by atoms with Crippen LogP contribution in [0.5, 0.6) is 0 Å². The second kappa shape index (κ2) is 3.94. The molecule has 59 valence electrons. The van der Waals surface area contributed by atoms with Crippen molar-refractivity contribution < 1.29 is 0 Å². The molecule has 1 heterocycles. The van der Waals surface area contributed by atoms with E-state index in [4.69, 9.17) is 0 Å². The van der Waals surface area contributed by atoms with Crippen LogP contribution >= 0.6 is 0 Å². The van der Waals surface area contributed by atoms with E-state index in [1.54, 1.807) is 0 Å². The Morgan fingerprint density at radius 1 is 1.50 bits per heavy atom. The van der Waals surface area contributed by atoms with Gasteiger partial charge in [-0.25, -0.2) is 0 Å². The van der Waals surface area contributed by atoms with E-state index in [0.29, 0.717) is 0 Å². The quantitative estimate of drug-likeness (QED) is 0.621. The molecule has 0 aromatic rings. The van der Waals surface area contributed by atoms with Gasteiger partial charge < -0.3 is 5.32 Å². The van der Waals surface area contributed by atoms with Gasteiger partial charge in [0.15, 0.2) is 0 Å². The van der Waals surface area contributed by atoms with Crippen LogP contribution in [0.2, 0.25) is 0 Å². The third-order valence-electron chi connectivity index (χ3n) is 2.15. The molecule has 0 saturated carbocycles. The van der Waals surface area contributed by atoms with Crippen molar-refractivity contribution in [1.82, 2.24) is 10.2 Å². The second-order valence-corrected chi connectivity index (χ2v) is 3.00. The van der Waals surface area contributed by atoms with Crippen molar-refractivity contribution in [3.63, 3.8) is 0 Å². The molecule has 10 heavy (non-hydrogen) atoms. The average Bonchev–Trinajstić information content (AvgIpc) is 1.94. The monoisotopic (exact) mass is 141 g/mol. The number of rotatable bonds is 2. The predicted octanol–water partition coefficient (Wildman–Crippen LogP) is 1.20. The Bertz CT molecular complexity index is 91.3. The number of piperidine rings is 1. The van der Waals surface area contributed by atoms with Gasteiger partial charge >= 0.3 is 0 Å². The van der Waals surface area contributed by atoms with Gasteiger partial charge in [-0.05, 0) is 26.8 Å². The molecule has 1 saturated heterocycles. The lowest BCUT2D eigenvalue weighted by atomic mass is 10.0. The molecular weight excluding hydrogens is 124 g/mol. The van der Waals surface area contributed by atoms with Gasteiger partial charge in [-0.15, -0.1) is 0 Å². The third kappa shape index (κ3) is 1.96. The summed E-state index contributed by atoms with van der Waals surface area (Å²) in [6.07, 6.45) is 4.09. The Morgan fingerprint density at radius 3 is 2.90 bits per heavy atom. The van der Waals surface area contributed by atoms with Crippen LogP contribution in [-0.2, 0) is 0 Å². The number of hydrogen-bond acceptors (Lipinski definition) is 2. The normalized spacial score (nSPS) is 28.8. The van der Waals surface area contributed by atoms with Crippen LogP contribution in [0.4, 0.5) is 0 Å². The van der Waals surface area contributed by atoms with Crippen molar-refractivity contribution in [2.75, 3.05) is 13.6 Å². The first-order chi connectivity index (χ1) is 4.84. The van der Waals surface area contributed by atoms with Crippen LogP contribution < -0.4 is 5.32 Å². The van der Waals surface area contributed by atoms with Crippen LogP contribution in [0.15, 0.2) is 0 Å². The Hall–Kier alpha value is -0.0800. The number of hydrogen-bond donors (Lipinski definition) is 1. The maximum atomic E-state index is 3.07. The highest BCUT2D eigenvalue weighted by Gasteiger charge is 2.16. The first-order valence-corrected chi connectivity index (χ1v) is 4.11. The van der Waals surface area contributed by atoms with Gasteiger partial charge in [-0.3, -0.25) is 4.90 Å². The van der Waals surface area contributed by atoms with Gasteiger partial charge in [0, 0.05) is 12.6 Å². The van der Waals surface area contributed by atoms with E-state index in [9.17, 15) is 0 Å². The highest BCUT2D eigenvalue weighted by atomic mass is 15.2. The highest BCUT2D eigenvalue weighted by Crippen LogP contribution is 2.15. The second-order valence-electron chi connectivity index (χ2n) is 3.00. The summed E-state index contributed by atoms with van der Waals surface area (Å²) in [7, 11) is 1.96. The SMILES string of the molecule is CN[CH]N1CCCCC1C. The summed E-state index contributed by atoms with van der Waals surface area (Å²) in [5, 5.41) is 3.07. The molecule has 0 amide bonds. The predicted molar refractivity (Wildman–Crippen MR) is 43.4 cm³/mol. The minimum atomic E-state index is 0.737. The summed E-state index contributed by atoms with van der Waals surface area (Å²) in [4.78, 5) is 2.38. The van der Waals surface area contributed by atoms with Gasteiger partial charge in [0.05, 0.1) is 6.67 Å². The van der Waals surface area contributed by atoms with E-state index >= 15 is 0 Å². The molecule has 2 heteroatoms. The Balaban J connectivity index is 2.25. The van der Waals surface area contributed by atoms with E-state index in [1.807, 2.05) is 7.05 Å².